The summed E-state index contributed by atoms with van der Waals surface area (Å²) >= 11 is 0. The number of benzene rings is 1. The van der Waals surface area contributed by atoms with Crippen molar-refractivity contribution in [2.24, 2.45) is 0 Å². The molecule has 2 N–H and O–H groups in total. The van der Waals surface area contributed by atoms with Gasteiger partial charge in [-0.2, -0.15) is 0 Å². The van der Waals surface area contributed by atoms with Gasteiger partial charge in [0.1, 0.15) is 5.52 Å². The summed E-state index contributed by atoms with van der Waals surface area (Å²) in [5, 5.41) is 13.3. The molecule has 0 spiro atoms. The Balaban J connectivity index is 1.79. The summed E-state index contributed by atoms with van der Waals surface area (Å²) in [6.45, 7) is 7.00. The van der Waals surface area contributed by atoms with E-state index in [1.807, 2.05) is 0 Å². The van der Waals surface area contributed by atoms with Crippen LogP contribution in [0.2, 0.25) is 0 Å². The molecular formula is C17H24N2O2. The van der Waals surface area contributed by atoms with Crippen molar-refractivity contribution in [2.45, 2.75) is 64.6 Å². The topological polar surface area (TPSA) is 58.3 Å². The fourth-order valence-corrected chi connectivity index (χ4v) is 3.07. The molecule has 1 aromatic carbocycles. The number of nitrogens with one attached hydrogen (secondary N) is 1. The monoisotopic (exact) mass is 288 g/mol. The first-order valence-electron chi connectivity index (χ1n) is 7.86. The molecule has 0 saturated heterocycles. The molecule has 114 valence electrons. The lowest BCUT2D eigenvalue weighted by Crippen LogP contribution is -2.35. The Hall–Kier alpha value is -1.39. The van der Waals surface area contributed by atoms with E-state index in [2.05, 4.69) is 43.2 Å². The van der Waals surface area contributed by atoms with Gasteiger partial charge in [-0.15, -0.1) is 0 Å². The van der Waals surface area contributed by atoms with Gasteiger partial charge in [-0.05, 0) is 43.4 Å². The Labute approximate surface area is 125 Å². The molecule has 3 rings (SSSR count). The number of aliphatic hydroxyl groups excluding tert-OH is 1. The second kappa shape index (κ2) is 5.78. The molecule has 1 heterocycles. The van der Waals surface area contributed by atoms with Crippen LogP contribution < -0.4 is 5.32 Å². The Morgan fingerprint density at radius 2 is 2.19 bits per heavy atom. The van der Waals surface area contributed by atoms with Gasteiger partial charge in [0, 0.05) is 18.5 Å². The third-order valence-electron chi connectivity index (χ3n) is 4.29. The second-order valence-corrected chi connectivity index (χ2v) is 6.45. The van der Waals surface area contributed by atoms with Gasteiger partial charge < -0.3 is 14.8 Å². The van der Waals surface area contributed by atoms with Crippen LogP contribution in [-0.2, 0) is 6.54 Å². The average molecular weight is 288 g/mol. The van der Waals surface area contributed by atoms with Gasteiger partial charge in [0.2, 0.25) is 0 Å². The van der Waals surface area contributed by atoms with E-state index in [4.69, 9.17) is 4.42 Å². The minimum Gasteiger partial charge on any atom is -0.440 e. The first kappa shape index (κ1) is 14.5. The van der Waals surface area contributed by atoms with E-state index >= 15 is 0 Å². The Morgan fingerprint density at radius 3 is 2.86 bits per heavy atom. The van der Waals surface area contributed by atoms with E-state index in [0.717, 1.165) is 48.4 Å². The molecular weight excluding hydrogens is 264 g/mol. The molecule has 1 fully saturated rings. The van der Waals surface area contributed by atoms with Crippen LogP contribution in [0.4, 0.5) is 0 Å². The van der Waals surface area contributed by atoms with Gasteiger partial charge in [-0.3, -0.25) is 0 Å². The summed E-state index contributed by atoms with van der Waals surface area (Å²) < 4.78 is 5.84. The Morgan fingerprint density at radius 1 is 1.38 bits per heavy atom. The zero-order chi connectivity index (χ0) is 15.0. The maximum Gasteiger partial charge on any atom is 0.198 e. The van der Waals surface area contributed by atoms with Gasteiger partial charge in [-0.1, -0.05) is 19.9 Å². The van der Waals surface area contributed by atoms with E-state index in [1.165, 1.54) is 5.56 Å². The number of hydrogen-bond donors (Lipinski definition) is 2. The van der Waals surface area contributed by atoms with Crippen LogP contribution in [0.5, 0.6) is 0 Å². The molecule has 4 heteroatoms. The predicted molar refractivity (Wildman–Crippen MR) is 83.3 cm³/mol. The number of aromatic nitrogens is 1. The number of aryl methyl sites for hydroxylation is 1. The molecule has 21 heavy (non-hydrogen) atoms. The lowest BCUT2D eigenvalue weighted by molar-refractivity contribution is 0.148. The third-order valence-corrected chi connectivity index (χ3v) is 4.29. The summed E-state index contributed by atoms with van der Waals surface area (Å²) in [5.41, 5.74) is 4.14. The quantitative estimate of drug-likeness (QED) is 0.906. The maximum absolute atomic E-state index is 9.87. The van der Waals surface area contributed by atoms with Gasteiger partial charge in [0.25, 0.3) is 0 Å². The molecule has 4 nitrogen and oxygen atoms in total. The minimum absolute atomic E-state index is 0.200. The third kappa shape index (κ3) is 2.97. The zero-order valence-electron chi connectivity index (χ0n) is 13.0. The first-order chi connectivity index (χ1) is 10.0. The van der Waals surface area contributed by atoms with E-state index in [9.17, 15) is 5.11 Å². The minimum atomic E-state index is -0.200. The number of aliphatic hydroxyl groups is 1. The summed E-state index contributed by atoms with van der Waals surface area (Å²) in [6, 6.07) is 4.46. The SMILES string of the molecule is Cc1cc(CN[C@@H]2CCC[C@H]2O)cc2nc(C(C)C)oc12. The van der Waals surface area contributed by atoms with E-state index in [1.54, 1.807) is 0 Å². The lowest BCUT2D eigenvalue weighted by atomic mass is 10.1. The van der Waals surface area contributed by atoms with Crippen LogP contribution in [0.3, 0.4) is 0 Å². The fraction of sp³-hybridized carbons (Fsp3) is 0.588. The normalized spacial score (nSPS) is 22.5. The molecule has 1 aliphatic carbocycles. The van der Waals surface area contributed by atoms with E-state index < -0.39 is 0 Å². The van der Waals surface area contributed by atoms with Gasteiger partial charge in [0.05, 0.1) is 6.10 Å². The molecule has 0 amide bonds. The summed E-state index contributed by atoms with van der Waals surface area (Å²) in [5.74, 6) is 1.09. The summed E-state index contributed by atoms with van der Waals surface area (Å²) in [4.78, 5) is 4.58. The molecule has 2 atom stereocenters. The number of nitrogens with zero attached hydrogens (tertiary/aromatic N) is 1. The van der Waals surface area contributed by atoms with Crippen LogP contribution in [0.25, 0.3) is 11.1 Å². The lowest BCUT2D eigenvalue weighted by Gasteiger charge is -2.16. The van der Waals surface area contributed by atoms with Crippen molar-refractivity contribution in [3.05, 3.63) is 29.2 Å². The van der Waals surface area contributed by atoms with Crippen LogP contribution in [0.15, 0.2) is 16.5 Å². The van der Waals surface area contributed by atoms with Crippen LogP contribution in [-0.4, -0.2) is 22.2 Å². The number of fused-ring (bicyclic) bond motifs is 1. The Bertz CT molecular complexity index is 633. The second-order valence-electron chi connectivity index (χ2n) is 6.45. The highest BCUT2D eigenvalue weighted by Crippen LogP contribution is 2.26. The van der Waals surface area contributed by atoms with Crippen molar-refractivity contribution in [1.82, 2.24) is 10.3 Å². The van der Waals surface area contributed by atoms with Gasteiger partial charge >= 0.3 is 0 Å². The van der Waals surface area contributed by atoms with E-state index in [-0.39, 0.29) is 12.1 Å². The fourth-order valence-electron chi connectivity index (χ4n) is 3.07. The van der Waals surface area contributed by atoms with Crippen molar-refractivity contribution >= 4 is 11.1 Å². The summed E-state index contributed by atoms with van der Waals surface area (Å²) in [7, 11) is 0. The molecule has 0 aliphatic heterocycles. The van der Waals surface area contributed by atoms with Crippen LogP contribution in [0, 0.1) is 6.92 Å². The highest BCUT2D eigenvalue weighted by Gasteiger charge is 2.24. The van der Waals surface area contributed by atoms with Crippen molar-refractivity contribution in [3.8, 4) is 0 Å². The Kier molecular flexibility index (Phi) is 4.00. The first-order valence-corrected chi connectivity index (χ1v) is 7.86. The van der Waals surface area contributed by atoms with Crippen molar-refractivity contribution in [2.75, 3.05) is 0 Å². The number of hydrogen-bond acceptors (Lipinski definition) is 4. The largest absolute Gasteiger partial charge is 0.440 e. The number of rotatable bonds is 4. The molecule has 1 saturated carbocycles. The average Bonchev–Trinajstić information content (AvgIpc) is 3.03. The molecule has 0 radical (unpaired) electrons. The number of oxazole rings is 1. The molecule has 1 aromatic heterocycles. The highest BCUT2D eigenvalue weighted by molar-refractivity contribution is 5.77. The van der Waals surface area contributed by atoms with Gasteiger partial charge in [-0.25, -0.2) is 4.98 Å². The van der Waals surface area contributed by atoms with Crippen LogP contribution >= 0.6 is 0 Å². The van der Waals surface area contributed by atoms with E-state index in [0.29, 0.717) is 5.92 Å². The highest BCUT2D eigenvalue weighted by atomic mass is 16.3. The molecule has 0 unspecified atom stereocenters. The molecule has 0 bridgehead atoms. The predicted octanol–water partition coefficient (Wildman–Crippen LogP) is 3.26. The van der Waals surface area contributed by atoms with Crippen molar-refractivity contribution in [3.63, 3.8) is 0 Å². The van der Waals surface area contributed by atoms with Crippen LogP contribution in [0.1, 0.15) is 56.0 Å². The maximum atomic E-state index is 9.87. The van der Waals surface area contributed by atoms with Gasteiger partial charge in [0.15, 0.2) is 11.5 Å². The zero-order valence-corrected chi connectivity index (χ0v) is 13.0. The van der Waals surface area contributed by atoms with Crippen molar-refractivity contribution < 1.29 is 9.52 Å². The van der Waals surface area contributed by atoms with Crippen molar-refractivity contribution in [1.29, 1.82) is 0 Å². The molecule has 2 aromatic rings. The molecule has 1 aliphatic rings. The standard InChI is InChI=1S/C17H24N2O2/c1-10(2)17-19-14-8-12(7-11(3)16(14)21-17)9-18-13-5-4-6-15(13)20/h7-8,10,13,15,18,20H,4-6,9H2,1-3H3/t13-,15-/m1/s1. The summed E-state index contributed by atoms with van der Waals surface area (Å²) in [6.07, 6.45) is 2.88. The smallest absolute Gasteiger partial charge is 0.198 e.